The molecule has 1 aromatic carbocycles. The molecule has 5 nitrogen and oxygen atoms in total. The van der Waals surface area contributed by atoms with Crippen LogP contribution in [-0.4, -0.2) is 17.6 Å². The normalized spacial score (nSPS) is 11.2. The van der Waals surface area contributed by atoms with E-state index in [1.807, 2.05) is 24.3 Å². The second-order valence-electron chi connectivity index (χ2n) is 3.31. The van der Waals surface area contributed by atoms with Gasteiger partial charge in [0.25, 0.3) is 0 Å². The van der Waals surface area contributed by atoms with Crippen LogP contribution in [0.5, 0.6) is 5.75 Å². The van der Waals surface area contributed by atoms with Crippen LogP contribution >= 0.6 is 12.4 Å². The van der Waals surface area contributed by atoms with Crippen LogP contribution in [0, 0.1) is 0 Å². The number of furan rings is 1. The molecule has 6 heteroatoms. The monoisotopic (exact) mass is 256 g/mol. The van der Waals surface area contributed by atoms with E-state index in [2.05, 4.69) is 5.16 Å². The molecule has 1 heterocycles. The van der Waals surface area contributed by atoms with Gasteiger partial charge >= 0.3 is 0 Å². The van der Waals surface area contributed by atoms with Crippen molar-refractivity contribution < 1.29 is 14.4 Å². The maximum absolute atomic E-state index is 8.34. The van der Waals surface area contributed by atoms with Crippen LogP contribution < -0.4 is 10.5 Å². The zero-order valence-electron chi connectivity index (χ0n) is 9.00. The van der Waals surface area contributed by atoms with Crippen LogP contribution in [0.3, 0.4) is 0 Å². The number of halogens is 1. The van der Waals surface area contributed by atoms with Crippen molar-refractivity contribution in [3.05, 3.63) is 30.5 Å². The van der Waals surface area contributed by atoms with Gasteiger partial charge in [0, 0.05) is 17.9 Å². The molecular formula is C11H13ClN2O3. The Balaban J connectivity index is 0.00000144. The minimum atomic E-state index is 0. The van der Waals surface area contributed by atoms with Crippen molar-refractivity contribution in [2.24, 2.45) is 10.9 Å². The molecule has 0 saturated heterocycles. The quantitative estimate of drug-likeness (QED) is 0.381. The van der Waals surface area contributed by atoms with Gasteiger partial charge in [-0.1, -0.05) is 5.16 Å². The lowest BCUT2D eigenvalue weighted by Crippen LogP contribution is -2.15. The van der Waals surface area contributed by atoms with Crippen LogP contribution in [0.25, 0.3) is 11.0 Å². The molecule has 0 atom stereocenters. The minimum absolute atomic E-state index is 0. The van der Waals surface area contributed by atoms with Crippen LogP contribution in [0.1, 0.15) is 6.42 Å². The first-order chi connectivity index (χ1) is 7.79. The molecule has 17 heavy (non-hydrogen) atoms. The van der Waals surface area contributed by atoms with Gasteiger partial charge in [0.15, 0.2) is 0 Å². The molecule has 0 spiro atoms. The van der Waals surface area contributed by atoms with Gasteiger partial charge in [0.2, 0.25) is 0 Å². The van der Waals surface area contributed by atoms with Gasteiger partial charge < -0.3 is 20.1 Å². The summed E-state index contributed by atoms with van der Waals surface area (Å²) in [6.07, 6.45) is 2.01. The fourth-order valence-electron chi connectivity index (χ4n) is 1.35. The first kappa shape index (κ1) is 13.2. The SMILES string of the molecule is Cl.NC(CCOc1ccc2ccoc2c1)=NO. The Kier molecular flexibility index (Phi) is 4.66. The lowest BCUT2D eigenvalue weighted by molar-refractivity contribution is 0.305. The molecule has 0 unspecified atom stereocenters. The van der Waals surface area contributed by atoms with Crippen molar-refractivity contribution in [2.75, 3.05) is 6.61 Å². The predicted octanol–water partition coefficient (Wildman–Crippen LogP) is 2.37. The zero-order chi connectivity index (χ0) is 11.4. The van der Waals surface area contributed by atoms with E-state index in [-0.39, 0.29) is 18.2 Å². The second-order valence-corrected chi connectivity index (χ2v) is 3.31. The molecule has 1 aromatic heterocycles. The third-order valence-corrected chi connectivity index (χ3v) is 2.18. The molecule has 92 valence electrons. The van der Waals surface area contributed by atoms with Gasteiger partial charge in [-0.2, -0.15) is 0 Å². The fraction of sp³-hybridized carbons (Fsp3) is 0.182. The molecule has 0 aliphatic rings. The third kappa shape index (κ3) is 3.29. The van der Waals surface area contributed by atoms with Crippen molar-refractivity contribution in [3.63, 3.8) is 0 Å². The Hall–Kier alpha value is -1.88. The number of rotatable bonds is 4. The van der Waals surface area contributed by atoms with E-state index < -0.39 is 0 Å². The van der Waals surface area contributed by atoms with Gasteiger partial charge in [0.05, 0.1) is 12.9 Å². The van der Waals surface area contributed by atoms with E-state index in [9.17, 15) is 0 Å². The van der Waals surface area contributed by atoms with Crippen LogP contribution in [0.4, 0.5) is 0 Å². The van der Waals surface area contributed by atoms with Crippen molar-refractivity contribution in [1.29, 1.82) is 0 Å². The minimum Gasteiger partial charge on any atom is -0.493 e. The van der Waals surface area contributed by atoms with Gasteiger partial charge in [0.1, 0.15) is 17.2 Å². The van der Waals surface area contributed by atoms with Crippen LogP contribution in [0.2, 0.25) is 0 Å². The summed E-state index contributed by atoms with van der Waals surface area (Å²) in [6, 6.07) is 7.46. The molecule has 3 N–H and O–H groups in total. The van der Waals surface area contributed by atoms with Gasteiger partial charge in [-0.3, -0.25) is 0 Å². The van der Waals surface area contributed by atoms with Crippen molar-refractivity contribution in [2.45, 2.75) is 6.42 Å². The van der Waals surface area contributed by atoms with E-state index in [4.69, 9.17) is 20.1 Å². The molecule has 0 radical (unpaired) electrons. The van der Waals surface area contributed by atoms with E-state index >= 15 is 0 Å². The number of oxime groups is 1. The second kappa shape index (κ2) is 6.00. The van der Waals surface area contributed by atoms with Gasteiger partial charge in [-0.05, 0) is 18.2 Å². The number of hydrogen-bond donors (Lipinski definition) is 2. The first-order valence-corrected chi connectivity index (χ1v) is 4.86. The van der Waals surface area contributed by atoms with Crippen molar-refractivity contribution in [3.8, 4) is 5.75 Å². The average Bonchev–Trinajstić information content (AvgIpc) is 2.76. The molecule has 0 amide bonds. The highest BCUT2D eigenvalue weighted by molar-refractivity contribution is 5.85. The molecule has 2 rings (SSSR count). The molecule has 0 aliphatic heterocycles. The smallest absolute Gasteiger partial charge is 0.142 e. The number of amidine groups is 1. The third-order valence-electron chi connectivity index (χ3n) is 2.18. The molecule has 0 saturated carbocycles. The van der Waals surface area contributed by atoms with E-state index in [0.717, 1.165) is 11.0 Å². The summed E-state index contributed by atoms with van der Waals surface area (Å²) in [5.41, 5.74) is 6.09. The lowest BCUT2D eigenvalue weighted by Gasteiger charge is -2.04. The Morgan fingerprint density at radius 2 is 2.24 bits per heavy atom. The first-order valence-electron chi connectivity index (χ1n) is 4.86. The maximum Gasteiger partial charge on any atom is 0.142 e. The number of nitrogens with zero attached hydrogens (tertiary/aromatic N) is 1. The highest BCUT2D eigenvalue weighted by Crippen LogP contribution is 2.21. The largest absolute Gasteiger partial charge is 0.493 e. The fourth-order valence-corrected chi connectivity index (χ4v) is 1.35. The Bertz CT molecular complexity index is 510. The topological polar surface area (TPSA) is 81.0 Å². The summed E-state index contributed by atoms with van der Waals surface area (Å²) >= 11 is 0. The van der Waals surface area contributed by atoms with Gasteiger partial charge in [-0.25, -0.2) is 0 Å². The summed E-state index contributed by atoms with van der Waals surface area (Å²) in [5.74, 6) is 0.854. The molecular weight excluding hydrogens is 244 g/mol. The number of benzene rings is 1. The highest BCUT2D eigenvalue weighted by atomic mass is 35.5. The molecule has 0 bridgehead atoms. The molecule has 0 fully saturated rings. The van der Waals surface area contributed by atoms with E-state index in [1.54, 1.807) is 6.26 Å². The van der Waals surface area contributed by atoms with E-state index in [0.29, 0.717) is 18.8 Å². The summed E-state index contributed by atoms with van der Waals surface area (Å²) in [7, 11) is 0. The number of ether oxygens (including phenoxy) is 1. The average molecular weight is 257 g/mol. The van der Waals surface area contributed by atoms with Crippen LogP contribution in [-0.2, 0) is 0 Å². The summed E-state index contributed by atoms with van der Waals surface area (Å²) in [4.78, 5) is 0. The Morgan fingerprint density at radius 1 is 1.41 bits per heavy atom. The van der Waals surface area contributed by atoms with E-state index in [1.165, 1.54) is 0 Å². The summed E-state index contributed by atoms with van der Waals surface area (Å²) in [5, 5.41) is 12.2. The standard InChI is InChI=1S/C11H12N2O3.ClH/c12-11(13-14)4-6-15-9-2-1-8-3-5-16-10(8)7-9;/h1-3,5,7,14H,4,6H2,(H2,12,13);1H. The van der Waals surface area contributed by atoms with Crippen molar-refractivity contribution in [1.82, 2.24) is 0 Å². The Labute approximate surface area is 104 Å². The van der Waals surface area contributed by atoms with Crippen LogP contribution in [0.15, 0.2) is 40.1 Å². The van der Waals surface area contributed by atoms with Gasteiger partial charge in [-0.15, -0.1) is 12.4 Å². The lowest BCUT2D eigenvalue weighted by atomic mass is 10.2. The maximum atomic E-state index is 8.34. The predicted molar refractivity (Wildman–Crippen MR) is 67.0 cm³/mol. The summed E-state index contributed by atoms with van der Waals surface area (Å²) < 4.78 is 10.7. The number of hydrogen-bond acceptors (Lipinski definition) is 4. The Morgan fingerprint density at radius 3 is 3.00 bits per heavy atom. The number of nitrogens with two attached hydrogens (primary N) is 1. The summed E-state index contributed by atoms with van der Waals surface area (Å²) in [6.45, 7) is 0.363. The highest BCUT2D eigenvalue weighted by Gasteiger charge is 2.00. The molecule has 2 aromatic rings. The molecule has 0 aliphatic carbocycles. The number of fused-ring (bicyclic) bond motifs is 1. The zero-order valence-corrected chi connectivity index (χ0v) is 9.81. The van der Waals surface area contributed by atoms with Crippen molar-refractivity contribution >= 4 is 29.2 Å².